The first-order valence-corrected chi connectivity index (χ1v) is 19.4. The van der Waals surface area contributed by atoms with Crippen molar-refractivity contribution in [1.82, 2.24) is 0 Å². The van der Waals surface area contributed by atoms with Gasteiger partial charge in [-0.05, 0) is 78.9 Å². The number of hydrogen-bond donors (Lipinski definition) is 0. The zero-order valence-electron chi connectivity index (χ0n) is 28.4. The predicted molar refractivity (Wildman–Crippen MR) is 229 cm³/mol. The number of para-hydroxylation sites is 3. The molecule has 0 saturated heterocycles. The van der Waals surface area contributed by atoms with Crippen molar-refractivity contribution in [2.45, 2.75) is 0 Å². The standard InChI is InChI=1S/C48H30N2OS2/c1-3-14-31(15-4-1)49(33-28-29-45-38(30-33)35-19-8-9-26-43(35)52-45)40-23-12-21-37-46-39(22-13-25-42(46)51-47(37)40)50(32-16-5-2-6-17-32)41-24-11-20-36-34-18-7-10-27-44(34)53-48(36)41/h1-30H. The lowest BCUT2D eigenvalue weighted by Gasteiger charge is -2.27. The molecule has 11 rings (SSSR count). The van der Waals surface area contributed by atoms with Gasteiger partial charge in [0.05, 0.1) is 27.1 Å². The minimum Gasteiger partial charge on any atom is -0.454 e. The van der Waals surface area contributed by atoms with E-state index in [1.54, 1.807) is 0 Å². The summed E-state index contributed by atoms with van der Waals surface area (Å²) in [7, 11) is 0. The molecule has 3 heterocycles. The second-order valence-corrected chi connectivity index (χ2v) is 15.4. The number of benzene rings is 8. The van der Waals surface area contributed by atoms with Gasteiger partial charge in [-0.15, -0.1) is 22.7 Å². The van der Waals surface area contributed by atoms with Crippen LogP contribution in [0.4, 0.5) is 34.1 Å². The Morgan fingerprint density at radius 3 is 1.70 bits per heavy atom. The lowest BCUT2D eigenvalue weighted by Crippen LogP contribution is -2.10. The Labute approximate surface area is 313 Å². The molecule has 0 saturated carbocycles. The molecule has 3 aromatic heterocycles. The van der Waals surface area contributed by atoms with Crippen LogP contribution < -0.4 is 9.80 Å². The van der Waals surface area contributed by atoms with Crippen molar-refractivity contribution in [2.24, 2.45) is 0 Å². The van der Waals surface area contributed by atoms with Crippen molar-refractivity contribution in [1.29, 1.82) is 0 Å². The molecule has 0 bridgehead atoms. The number of rotatable bonds is 6. The minimum atomic E-state index is 0.849. The van der Waals surface area contributed by atoms with Gasteiger partial charge in [0.1, 0.15) is 5.58 Å². The normalized spacial score (nSPS) is 11.8. The quantitative estimate of drug-likeness (QED) is 0.171. The van der Waals surface area contributed by atoms with Gasteiger partial charge in [-0.3, -0.25) is 0 Å². The van der Waals surface area contributed by atoms with Crippen LogP contribution in [0.3, 0.4) is 0 Å². The van der Waals surface area contributed by atoms with E-state index in [1.165, 1.54) is 40.3 Å². The van der Waals surface area contributed by atoms with Crippen molar-refractivity contribution >= 4 is 119 Å². The Bertz CT molecular complexity index is 3140. The summed E-state index contributed by atoms with van der Waals surface area (Å²) in [6, 6.07) is 65.2. The SMILES string of the molecule is c1ccc(N(c2ccc3sc4ccccc4c3c2)c2cccc3c2oc2cccc(N(c4ccccc4)c4cccc5c4sc4ccccc45)c23)cc1. The van der Waals surface area contributed by atoms with Gasteiger partial charge in [0.15, 0.2) is 5.58 Å². The molecule has 0 spiro atoms. The van der Waals surface area contributed by atoms with Gasteiger partial charge in [0.2, 0.25) is 0 Å². The maximum absolute atomic E-state index is 6.98. The van der Waals surface area contributed by atoms with Crippen molar-refractivity contribution in [3.63, 3.8) is 0 Å². The molecule has 3 nitrogen and oxygen atoms in total. The van der Waals surface area contributed by atoms with Crippen LogP contribution in [0.1, 0.15) is 0 Å². The van der Waals surface area contributed by atoms with E-state index in [4.69, 9.17) is 4.42 Å². The Kier molecular flexibility index (Phi) is 6.90. The summed E-state index contributed by atoms with van der Waals surface area (Å²) < 4.78 is 12.1. The minimum absolute atomic E-state index is 0.849. The maximum atomic E-state index is 6.98. The monoisotopic (exact) mass is 714 g/mol. The second-order valence-electron chi connectivity index (χ2n) is 13.3. The van der Waals surface area contributed by atoms with E-state index in [1.807, 2.05) is 22.7 Å². The highest BCUT2D eigenvalue weighted by atomic mass is 32.1. The number of furan rings is 1. The van der Waals surface area contributed by atoms with E-state index in [-0.39, 0.29) is 0 Å². The van der Waals surface area contributed by atoms with Crippen molar-refractivity contribution in [3.8, 4) is 0 Å². The summed E-state index contributed by atoms with van der Waals surface area (Å²) in [6.45, 7) is 0. The molecule has 250 valence electrons. The van der Waals surface area contributed by atoms with Gasteiger partial charge < -0.3 is 14.2 Å². The van der Waals surface area contributed by atoms with Crippen LogP contribution in [0.2, 0.25) is 0 Å². The van der Waals surface area contributed by atoms with Crippen molar-refractivity contribution in [3.05, 3.63) is 182 Å². The number of fused-ring (bicyclic) bond motifs is 9. The van der Waals surface area contributed by atoms with Gasteiger partial charge >= 0.3 is 0 Å². The summed E-state index contributed by atoms with van der Waals surface area (Å²) in [4.78, 5) is 4.75. The van der Waals surface area contributed by atoms with E-state index >= 15 is 0 Å². The highest BCUT2D eigenvalue weighted by Gasteiger charge is 2.25. The second kappa shape index (κ2) is 12.1. The van der Waals surface area contributed by atoms with Crippen LogP contribution in [-0.4, -0.2) is 0 Å². The van der Waals surface area contributed by atoms with Gasteiger partial charge in [-0.25, -0.2) is 0 Å². The summed E-state index contributed by atoms with van der Waals surface area (Å²) in [6.07, 6.45) is 0. The summed E-state index contributed by atoms with van der Waals surface area (Å²) in [5, 5.41) is 7.25. The summed E-state index contributed by atoms with van der Waals surface area (Å²) in [5.74, 6) is 0. The molecule has 11 aromatic rings. The Morgan fingerprint density at radius 1 is 0.358 bits per heavy atom. The number of nitrogens with zero attached hydrogens (tertiary/aromatic N) is 2. The highest BCUT2D eigenvalue weighted by molar-refractivity contribution is 7.26. The first-order chi connectivity index (χ1) is 26.3. The van der Waals surface area contributed by atoms with Gasteiger partial charge in [0, 0.05) is 58.1 Å². The fourth-order valence-corrected chi connectivity index (χ4v) is 10.2. The zero-order valence-corrected chi connectivity index (χ0v) is 30.1. The third-order valence-electron chi connectivity index (χ3n) is 10.2. The summed E-state index contributed by atoms with van der Waals surface area (Å²) in [5.41, 5.74) is 8.17. The third-order valence-corrected chi connectivity index (χ3v) is 12.6. The molecule has 0 N–H and O–H groups in total. The molecular weight excluding hydrogens is 685 g/mol. The number of thiophene rings is 2. The zero-order chi connectivity index (χ0) is 34.9. The van der Waals surface area contributed by atoms with Gasteiger partial charge in [0.25, 0.3) is 0 Å². The molecule has 8 aromatic carbocycles. The first-order valence-electron chi connectivity index (χ1n) is 17.8. The summed E-state index contributed by atoms with van der Waals surface area (Å²) >= 11 is 3.69. The molecule has 0 aliphatic rings. The molecule has 0 radical (unpaired) electrons. The van der Waals surface area contributed by atoms with E-state index in [0.29, 0.717) is 0 Å². The number of hydrogen-bond acceptors (Lipinski definition) is 5. The average Bonchev–Trinajstić information content (AvgIpc) is 3.91. The molecule has 0 fully saturated rings. The first kappa shape index (κ1) is 30.2. The smallest absolute Gasteiger partial charge is 0.159 e. The van der Waals surface area contributed by atoms with Crippen LogP contribution in [0, 0.1) is 0 Å². The molecule has 53 heavy (non-hydrogen) atoms. The van der Waals surface area contributed by atoms with Crippen LogP contribution >= 0.6 is 22.7 Å². The van der Waals surface area contributed by atoms with Gasteiger partial charge in [-0.1, -0.05) is 103 Å². The van der Waals surface area contributed by atoms with Crippen LogP contribution in [0.15, 0.2) is 186 Å². The highest BCUT2D eigenvalue weighted by Crippen LogP contribution is 2.50. The van der Waals surface area contributed by atoms with Crippen molar-refractivity contribution in [2.75, 3.05) is 9.80 Å². The van der Waals surface area contributed by atoms with Crippen LogP contribution in [0.25, 0.3) is 62.3 Å². The van der Waals surface area contributed by atoms with Crippen molar-refractivity contribution < 1.29 is 4.42 Å². The topological polar surface area (TPSA) is 19.6 Å². The van der Waals surface area contributed by atoms with Gasteiger partial charge in [-0.2, -0.15) is 0 Å². The Hall–Kier alpha value is -6.40. The van der Waals surface area contributed by atoms with E-state index in [2.05, 4.69) is 192 Å². The molecule has 0 aliphatic carbocycles. The Balaban J connectivity index is 1.16. The van der Waals surface area contributed by atoms with Crippen LogP contribution in [-0.2, 0) is 0 Å². The number of anilines is 6. The van der Waals surface area contributed by atoms with Crippen LogP contribution in [0.5, 0.6) is 0 Å². The predicted octanol–water partition coefficient (Wildman–Crippen LogP) is 15.3. The van der Waals surface area contributed by atoms with E-state index in [0.717, 1.165) is 56.1 Å². The van der Waals surface area contributed by atoms with E-state index < -0.39 is 0 Å². The Morgan fingerprint density at radius 2 is 0.925 bits per heavy atom. The molecule has 0 atom stereocenters. The fraction of sp³-hybridized carbons (Fsp3) is 0. The molecule has 5 heteroatoms. The molecule has 0 aliphatic heterocycles. The largest absolute Gasteiger partial charge is 0.454 e. The molecule has 0 amide bonds. The lowest BCUT2D eigenvalue weighted by molar-refractivity contribution is 0.669. The van der Waals surface area contributed by atoms with E-state index in [9.17, 15) is 0 Å². The molecule has 0 unspecified atom stereocenters. The third kappa shape index (κ3) is 4.78. The molecular formula is C48H30N2OS2. The lowest BCUT2D eigenvalue weighted by atomic mass is 10.1. The average molecular weight is 715 g/mol. The fourth-order valence-electron chi connectivity index (χ4n) is 7.93. The maximum Gasteiger partial charge on any atom is 0.159 e.